The molecular weight excluding hydrogens is 430 g/mol. The standard InChI is InChI=1S/C27H25N3O2S/c1-17-11-12-18(2)25-24(17)28-27(33-25)30-15-13-29(14-16-30)26(31)23-19-7-3-5-9-21(19)32-22-10-6-4-8-20(22)23/h3-12,23H,13-16H2,1-2H3. The molecule has 4 aromatic rings. The maximum atomic E-state index is 13.8. The Kier molecular flexibility index (Phi) is 4.84. The van der Waals surface area contributed by atoms with Crippen molar-refractivity contribution < 1.29 is 9.53 Å². The Morgan fingerprint density at radius 2 is 1.48 bits per heavy atom. The fourth-order valence-electron chi connectivity index (χ4n) is 4.86. The van der Waals surface area contributed by atoms with Crippen molar-refractivity contribution in [2.75, 3.05) is 31.1 Å². The molecule has 1 amide bonds. The molecule has 0 atom stereocenters. The number of nitrogens with zero attached hydrogens (tertiary/aromatic N) is 3. The summed E-state index contributed by atoms with van der Waals surface area (Å²) in [5.41, 5.74) is 5.47. The van der Waals surface area contributed by atoms with E-state index >= 15 is 0 Å². The van der Waals surface area contributed by atoms with Crippen LogP contribution >= 0.6 is 11.3 Å². The summed E-state index contributed by atoms with van der Waals surface area (Å²) >= 11 is 1.76. The molecule has 0 bridgehead atoms. The number of piperazine rings is 1. The number of amides is 1. The van der Waals surface area contributed by atoms with E-state index < -0.39 is 0 Å². The van der Waals surface area contributed by atoms with E-state index in [0.29, 0.717) is 13.1 Å². The number of carbonyl (C=O) groups excluding carboxylic acids is 1. The first-order valence-corrected chi connectivity index (χ1v) is 12.2. The van der Waals surface area contributed by atoms with Crippen molar-refractivity contribution in [1.82, 2.24) is 9.88 Å². The van der Waals surface area contributed by atoms with Gasteiger partial charge in [0.1, 0.15) is 11.5 Å². The second kappa shape index (κ2) is 7.89. The molecule has 1 saturated heterocycles. The molecule has 0 aliphatic carbocycles. The van der Waals surface area contributed by atoms with Crippen LogP contribution in [0.4, 0.5) is 5.13 Å². The van der Waals surface area contributed by atoms with Gasteiger partial charge in [0.25, 0.3) is 0 Å². The van der Waals surface area contributed by atoms with Crippen LogP contribution in [0.5, 0.6) is 11.5 Å². The molecular formula is C27H25N3O2S. The van der Waals surface area contributed by atoms with Crippen molar-refractivity contribution in [3.63, 3.8) is 0 Å². The summed E-state index contributed by atoms with van der Waals surface area (Å²) in [6, 6.07) is 20.1. The van der Waals surface area contributed by atoms with E-state index in [9.17, 15) is 4.79 Å². The minimum Gasteiger partial charge on any atom is -0.457 e. The van der Waals surface area contributed by atoms with Crippen LogP contribution in [0.1, 0.15) is 28.2 Å². The second-order valence-electron chi connectivity index (χ2n) is 8.80. The normalized spacial score (nSPS) is 15.8. The Hall–Kier alpha value is -3.38. The van der Waals surface area contributed by atoms with Gasteiger partial charge in [0.2, 0.25) is 5.91 Å². The highest BCUT2D eigenvalue weighted by atomic mass is 32.1. The molecule has 0 saturated carbocycles. The van der Waals surface area contributed by atoms with Gasteiger partial charge in [-0.05, 0) is 37.1 Å². The number of anilines is 1. The zero-order chi connectivity index (χ0) is 22.5. The summed E-state index contributed by atoms with van der Waals surface area (Å²) in [4.78, 5) is 23.1. The van der Waals surface area contributed by atoms with Gasteiger partial charge in [-0.15, -0.1) is 0 Å². The Morgan fingerprint density at radius 3 is 2.12 bits per heavy atom. The van der Waals surface area contributed by atoms with Gasteiger partial charge in [-0.2, -0.15) is 0 Å². The number of hydrogen-bond donors (Lipinski definition) is 0. The number of benzene rings is 3. The molecule has 2 aliphatic rings. The van der Waals surface area contributed by atoms with Crippen LogP contribution in [0.25, 0.3) is 10.2 Å². The van der Waals surface area contributed by atoms with Crippen LogP contribution in [0.3, 0.4) is 0 Å². The smallest absolute Gasteiger partial charge is 0.234 e. The third kappa shape index (κ3) is 3.37. The zero-order valence-corrected chi connectivity index (χ0v) is 19.6. The number of para-hydroxylation sites is 2. The quantitative estimate of drug-likeness (QED) is 0.400. The topological polar surface area (TPSA) is 45.7 Å². The molecule has 6 rings (SSSR count). The number of carbonyl (C=O) groups is 1. The number of thiazole rings is 1. The van der Waals surface area contributed by atoms with Gasteiger partial charge >= 0.3 is 0 Å². The van der Waals surface area contributed by atoms with E-state index in [0.717, 1.165) is 46.4 Å². The average molecular weight is 456 g/mol. The van der Waals surface area contributed by atoms with Crippen molar-refractivity contribution in [3.8, 4) is 11.5 Å². The molecule has 0 N–H and O–H groups in total. The van der Waals surface area contributed by atoms with E-state index in [4.69, 9.17) is 9.72 Å². The molecule has 5 nitrogen and oxygen atoms in total. The fourth-order valence-corrected chi connectivity index (χ4v) is 6.02. The molecule has 33 heavy (non-hydrogen) atoms. The van der Waals surface area contributed by atoms with E-state index in [1.54, 1.807) is 11.3 Å². The van der Waals surface area contributed by atoms with Gasteiger partial charge < -0.3 is 14.5 Å². The Bertz CT molecular complexity index is 1290. The van der Waals surface area contributed by atoms with Gasteiger partial charge in [-0.3, -0.25) is 4.79 Å². The van der Waals surface area contributed by atoms with Crippen molar-refractivity contribution in [1.29, 1.82) is 0 Å². The van der Waals surface area contributed by atoms with E-state index in [-0.39, 0.29) is 11.8 Å². The lowest BCUT2D eigenvalue weighted by Gasteiger charge is -2.37. The number of ether oxygens (including phenoxy) is 1. The number of hydrogen-bond acceptors (Lipinski definition) is 5. The van der Waals surface area contributed by atoms with E-state index in [1.807, 2.05) is 53.4 Å². The van der Waals surface area contributed by atoms with Gasteiger partial charge in [-0.25, -0.2) is 4.98 Å². The highest BCUT2D eigenvalue weighted by molar-refractivity contribution is 7.22. The SMILES string of the molecule is Cc1ccc(C)c2sc(N3CCN(C(=O)C4c5ccccc5Oc5ccccc54)CC3)nc12. The summed E-state index contributed by atoms with van der Waals surface area (Å²) in [6.45, 7) is 7.21. The molecule has 3 aromatic carbocycles. The second-order valence-corrected chi connectivity index (χ2v) is 9.77. The zero-order valence-electron chi connectivity index (χ0n) is 18.7. The molecule has 1 fully saturated rings. The lowest BCUT2D eigenvalue weighted by atomic mass is 9.86. The Morgan fingerprint density at radius 1 is 0.879 bits per heavy atom. The highest BCUT2D eigenvalue weighted by Gasteiger charge is 2.36. The van der Waals surface area contributed by atoms with Crippen LogP contribution in [0.2, 0.25) is 0 Å². The molecule has 166 valence electrons. The van der Waals surface area contributed by atoms with Crippen LogP contribution in [-0.2, 0) is 4.79 Å². The number of fused-ring (bicyclic) bond motifs is 3. The van der Waals surface area contributed by atoms with Crippen molar-refractivity contribution in [2.24, 2.45) is 0 Å². The average Bonchev–Trinajstić information content (AvgIpc) is 3.31. The Labute approximate surface area is 197 Å². The minimum absolute atomic E-state index is 0.147. The lowest BCUT2D eigenvalue weighted by Crippen LogP contribution is -2.50. The maximum absolute atomic E-state index is 13.8. The molecule has 0 spiro atoms. The fraction of sp³-hybridized carbons (Fsp3) is 0.259. The van der Waals surface area contributed by atoms with Gasteiger partial charge in [-0.1, -0.05) is 59.9 Å². The van der Waals surface area contributed by atoms with Crippen molar-refractivity contribution in [2.45, 2.75) is 19.8 Å². The molecule has 6 heteroatoms. The van der Waals surface area contributed by atoms with Crippen LogP contribution in [0.15, 0.2) is 60.7 Å². The van der Waals surface area contributed by atoms with Gasteiger partial charge in [0.05, 0.1) is 16.1 Å². The first kappa shape index (κ1) is 20.2. The molecule has 1 aromatic heterocycles. The van der Waals surface area contributed by atoms with Crippen molar-refractivity contribution in [3.05, 3.63) is 82.9 Å². The molecule has 2 aliphatic heterocycles. The summed E-state index contributed by atoms with van der Waals surface area (Å²) in [5, 5.41) is 1.05. The van der Waals surface area contributed by atoms with Crippen LogP contribution in [0, 0.1) is 13.8 Å². The molecule has 3 heterocycles. The molecule has 0 radical (unpaired) electrons. The summed E-state index contributed by atoms with van der Waals surface area (Å²) in [7, 11) is 0. The van der Waals surface area contributed by atoms with Gasteiger partial charge in [0, 0.05) is 37.3 Å². The summed E-state index contributed by atoms with van der Waals surface area (Å²) in [5.74, 6) is 1.36. The first-order valence-electron chi connectivity index (χ1n) is 11.4. The first-order chi connectivity index (χ1) is 16.1. The van der Waals surface area contributed by atoms with Crippen LogP contribution < -0.4 is 9.64 Å². The van der Waals surface area contributed by atoms with E-state index in [2.05, 4.69) is 30.9 Å². The summed E-state index contributed by atoms with van der Waals surface area (Å²) in [6.07, 6.45) is 0. The number of aryl methyl sites for hydroxylation is 2. The third-order valence-electron chi connectivity index (χ3n) is 6.72. The monoisotopic (exact) mass is 455 g/mol. The Balaban J connectivity index is 1.25. The van der Waals surface area contributed by atoms with E-state index in [1.165, 1.54) is 15.8 Å². The number of aromatic nitrogens is 1. The predicted octanol–water partition coefficient (Wildman–Crippen LogP) is 5.50. The number of rotatable bonds is 2. The minimum atomic E-state index is -0.328. The lowest BCUT2D eigenvalue weighted by molar-refractivity contribution is -0.132. The highest BCUT2D eigenvalue weighted by Crippen LogP contribution is 2.44. The van der Waals surface area contributed by atoms with Gasteiger partial charge in [0.15, 0.2) is 5.13 Å². The van der Waals surface area contributed by atoms with Crippen LogP contribution in [-0.4, -0.2) is 42.0 Å². The largest absolute Gasteiger partial charge is 0.457 e. The predicted molar refractivity (Wildman–Crippen MR) is 133 cm³/mol. The third-order valence-corrected chi connectivity index (χ3v) is 7.97. The molecule has 0 unspecified atom stereocenters. The summed E-state index contributed by atoms with van der Waals surface area (Å²) < 4.78 is 7.35. The maximum Gasteiger partial charge on any atom is 0.234 e. The van der Waals surface area contributed by atoms with Crippen molar-refractivity contribution >= 4 is 32.6 Å².